The van der Waals surface area contributed by atoms with Gasteiger partial charge in [-0.25, -0.2) is 4.98 Å². The van der Waals surface area contributed by atoms with Gasteiger partial charge in [0, 0.05) is 18.7 Å². The zero-order chi connectivity index (χ0) is 11.9. The largest absolute Gasteiger partial charge is 0.468 e. The molecule has 0 saturated carbocycles. The summed E-state index contributed by atoms with van der Waals surface area (Å²) >= 11 is 0. The van der Waals surface area contributed by atoms with Gasteiger partial charge >= 0.3 is 5.97 Å². The summed E-state index contributed by atoms with van der Waals surface area (Å²) in [6, 6.07) is -0.284. The number of fused-ring (bicyclic) bond motifs is 2. The van der Waals surface area contributed by atoms with Crippen LogP contribution < -0.4 is 10.6 Å². The van der Waals surface area contributed by atoms with Crippen molar-refractivity contribution in [1.29, 1.82) is 0 Å². The molecule has 1 fully saturated rings. The second-order valence-corrected chi connectivity index (χ2v) is 4.66. The van der Waals surface area contributed by atoms with Crippen molar-refractivity contribution in [1.82, 2.24) is 20.6 Å². The molecule has 0 aromatic carbocycles. The van der Waals surface area contributed by atoms with Gasteiger partial charge in [0.15, 0.2) is 0 Å². The first kappa shape index (κ1) is 10.7. The fourth-order valence-corrected chi connectivity index (χ4v) is 2.85. The first-order valence-corrected chi connectivity index (χ1v) is 5.84. The van der Waals surface area contributed by atoms with Crippen LogP contribution in [0.4, 0.5) is 0 Å². The molecule has 3 N–H and O–H groups in total. The molecular formula is C11H16N4O2. The summed E-state index contributed by atoms with van der Waals surface area (Å²) in [6.07, 6.45) is 3.26. The van der Waals surface area contributed by atoms with Crippen molar-refractivity contribution in [3.63, 3.8) is 0 Å². The molecule has 2 aliphatic rings. The molecule has 0 aliphatic carbocycles. The van der Waals surface area contributed by atoms with Crippen molar-refractivity contribution in [3.05, 3.63) is 17.7 Å². The summed E-state index contributed by atoms with van der Waals surface area (Å²) in [7, 11) is 1.42. The standard InChI is InChI=1S/C11H16N4O2/c1-17-10(16)8-4-7-9(14-6-13-7)11(15-8)2-3-12-5-11/h6,8,12,15H,2-5H2,1H3,(H,13,14)/t8-,11?/m1/s1. The lowest BCUT2D eigenvalue weighted by Crippen LogP contribution is -2.57. The van der Waals surface area contributed by atoms with Gasteiger partial charge in [0.25, 0.3) is 0 Å². The second-order valence-electron chi connectivity index (χ2n) is 4.66. The van der Waals surface area contributed by atoms with Crippen LogP contribution in [0.2, 0.25) is 0 Å². The van der Waals surface area contributed by atoms with Gasteiger partial charge in [-0.15, -0.1) is 0 Å². The zero-order valence-corrected chi connectivity index (χ0v) is 9.75. The highest BCUT2D eigenvalue weighted by Gasteiger charge is 2.46. The van der Waals surface area contributed by atoms with Gasteiger partial charge in [0.05, 0.1) is 24.7 Å². The molecule has 6 nitrogen and oxygen atoms in total. The Morgan fingerprint density at radius 3 is 3.24 bits per heavy atom. The Morgan fingerprint density at radius 1 is 1.65 bits per heavy atom. The lowest BCUT2D eigenvalue weighted by atomic mass is 9.85. The van der Waals surface area contributed by atoms with E-state index < -0.39 is 0 Å². The molecule has 92 valence electrons. The minimum atomic E-state index is -0.284. The molecule has 0 bridgehead atoms. The lowest BCUT2D eigenvalue weighted by Gasteiger charge is -2.36. The number of methoxy groups -OCH3 is 1. The Kier molecular flexibility index (Phi) is 2.41. The van der Waals surface area contributed by atoms with Gasteiger partial charge in [-0.05, 0) is 13.0 Å². The van der Waals surface area contributed by atoms with E-state index in [0.717, 1.165) is 30.9 Å². The number of imidazole rings is 1. The van der Waals surface area contributed by atoms with Crippen molar-refractivity contribution >= 4 is 5.97 Å². The van der Waals surface area contributed by atoms with Crippen molar-refractivity contribution in [2.24, 2.45) is 0 Å². The second kappa shape index (κ2) is 3.82. The summed E-state index contributed by atoms with van der Waals surface area (Å²) in [5, 5.41) is 6.72. The van der Waals surface area contributed by atoms with E-state index in [1.807, 2.05) is 0 Å². The number of aromatic amines is 1. The zero-order valence-electron chi connectivity index (χ0n) is 9.75. The third kappa shape index (κ3) is 1.56. The summed E-state index contributed by atoms with van der Waals surface area (Å²) in [5.41, 5.74) is 1.87. The van der Waals surface area contributed by atoms with Crippen molar-refractivity contribution in [2.75, 3.05) is 20.2 Å². The van der Waals surface area contributed by atoms with Gasteiger partial charge in [0.2, 0.25) is 0 Å². The van der Waals surface area contributed by atoms with Crippen LogP contribution in [0.25, 0.3) is 0 Å². The van der Waals surface area contributed by atoms with E-state index in [9.17, 15) is 4.79 Å². The molecule has 3 heterocycles. The quantitative estimate of drug-likeness (QED) is 0.561. The molecule has 1 aromatic heterocycles. The number of carbonyl (C=O) groups excluding carboxylic acids is 1. The van der Waals surface area contributed by atoms with E-state index in [0.29, 0.717) is 6.42 Å². The minimum Gasteiger partial charge on any atom is -0.468 e. The van der Waals surface area contributed by atoms with Crippen LogP contribution in [-0.4, -0.2) is 42.2 Å². The predicted octanol–water partition coefficient (Wildman–Crippen LogP) is -0.714. The third-order valence-electron chi connectivity index (χ3n) is 3.67. The maximum atomic E-state index is 11.7. The molecule has 1 aromatic rings. The fourth-order valence-electron chi connectivity index (χ4n) is 2.85. The number of nitrogens with one attached hydrogen (secondary N) is 3. The number of rotatable bonds is 1. The molecule has 17 heavy (non-hydrogen) atoms. The monoisotopic (exact) mass is 236 g/mol. The molecule has 1 unspecified atom stereocenters. The minimum absolute atomic E-state index is 0.212. The number of esters is 1. The highest BCUT2D eigenvalue weighted by atomic mass is 16.5. The number of nitrogens with zero attached hydrogens (tertiary/aromatic N) is 1. The third-order valence-corrected chi connectivity index (χ3v) is 3.67. The van der Waals surface area contributed by atoms with Crippen molar-refractivity contribution in [3.8, 4) is 0 Å². The number of ether oxygens (including phenoxy) is 1. The number of hydrogen-bond acceptors (Lipinski definition) is 5. The van der Waals surface area contributed by atoms with Crippen LogP contribution in [0.15, 0.2) is 6.33 Å². The van der Waals surface area contributed by atoms with E-state index in [1.54, 1.807) is 6.33 Å². The SMILES string of the molecule is COC(=O)[C@H]1Cc2[nH]cnc2C2(CCNC2)N1. The Labute approximate surface area is 99.1 Å². The number of aromatic nitrogens is 2. The van der Waals surface area contributed by atoms with Gasteiger partial charge in [-0.1, -0.05) is 0 Å². The van der Waals surface area contributed by atoms with Gasteiger partial charge < -0.3 is 15.0 Å². The molecule has 6 heteroatoms. The molecule has 2 aliphatic heterocycles. The van der Waals surface area contributed by atoms with Crippen molar-refractivity contribution in [2.45, 2.75) is 24.4 Å². The summed E-state index contributed by atoms with van der Waals surface area (Å²) in [5.74, 6) is -0.212. The Hall–Kier alpha value is -1.40. The highest BCUT2D eigenvalue weighted by molar-refractivity contribution is 5.76. The van der Waals surface area contributed by atoms with Gasteiger partial charge in [-0.3, -0.25) is 10.1 Å². The number of H-pyrrole nitrogens is 1. The van der Waals surface area contributed by atoms with Gasteiger partial charge in [0.1, 0.15) is 6.04 Å². The van der Waals surface area contributed by atoms with E-state index in [1.165, 1.54) is 7.11 Å². The molecule has 1 saturated heterocycles. The smallest absolute Gasteiger partial charge is 0.323 e. The maximum Gasteiger partial charge on any atom is 0.323 e. The Bertz CT molecular complexity index is 436. The van der Waals surface area contributed by atoms with E-state index in [2.05, 4.69) is 20.6 Å². The first-order valence-electron chi connectivity index (χ1n) is 5.84. The Morgan fingerprint density at radius 2 is 2.53 bits per heavy atom. The topological polar surface area (TPSA) is 79.0 Å². The first-order chi connectivity index (χ1) is 8.25. The van der Waals surface area contributed by atoms with Crippen LogP contribution in [0, 0.1) is 0 Å². The highest BCUT2D eigenvalue weighted by Crippen LogP contribution is 2.33. The van der Waals surface area contributed by atoms with E-state index >= 15 is 0 Å². The molecule has 3 rings (SSSR count). The van der Waals surface area contributed by atoms with Crippen LogP contribution in [-0.2, 0) is 21.5 Å². The Balaban J connectivity index is 1.97. The van der Waals surface area contributed by atoms with E-state index in [4.69, 9.17) is 4.74 Å². The van der Waals surface area contributed by atoms with Crippen molar-refractivity contribution < 1.29 is 9.53 Å². The van der Waals surface area contributed by atoms with Crippen LogP contribution in [0.1, 0.15) is 17.8 Å². The summed E-state index contributed by atoms with van der Waals surface area (Å²) in [4.78, 5) is 19.2. The average molecular weight is 236 g/mol. The number of hydrogen-bond donors (Lipinski definition) is 3. The molecule has 0 amide bonds. The summed E-state index contributed by atoms with van der Waals surface area (Å²) in [6.45, 7) is 1.74. The molecule has 0 radical (unpaired) electrons. The van der Waals surface area contributed by atoms with Crippen LogP contribution in [0.5, 0.6) is 0 Å². The van der Waals surface area contributed by atoms with Gasteiger partial charge in [-0.2, -0.15) is 0 Å². The predicted molar refractivity (Wildman–Crippen MR) is 60.4 cm³/mol. The molecule has 2 atom stereocenters. The summed E-state index contributed by atoms with van der Waals surface area (Å²) < 4.78 is 4.83. The normalized spacial score (nSPS) is 31.5. The fraction of sp³-hybridized carbons (Fsp3) is 0.636. The van der Waals surface area contributed by atoms with Crippen LogP contribution >= 0.6 is 0 Å². The molecular weight excluding hydrogens is 220 g/mol. The maximum absolute atomic E-state index is 11.7. The van der Waals surface area contributed by atoms with Crippen LogP contribution in [0.3, 0.4) is 0 Å². The lowest BCUT2D eigenvalue weighted by molar-refractivity contribution is -0.144. The molecule has 1 spiro atoms. The average Bonchev–Trinajstić information content (AvgIpc) is 2.97. The number of carbonyl (C=O) groups is 1. The van der Waals surface area contributed by atoms with E-state index in [-0.39, 0.29) is 17.6 Å².